The number of aryl methyl sites for hydroxylation is 1. The fourth-order valence-electron chi connectivity index (χ4n) is 5.84. The monoisotopic (exact) mass is 414 g/mol. The Morgan fingerprint density at radius 1 is 1.03 bits per heavy atom. The van der Waals surface area contributed by atoms with Crippen molar-refractivity contribution in [2.24, 2.45) is 11.8 Å². The number of aromatic nitrogens is 4. The molecule has 0 radical (unpaired) electrons. The fraction of sp³-hybridized carbons (Fsp3) is 0.440. The van der Waals surface area contributed by atoms with Crippen LogP contribution in [0.1, 0.15) is 43.5 Å². The minimum absolute atomic E-state index is 0.486. The molecule has 0 unspecified atom stereocenters. The first-order valence-electron chi connectivity index (χ1n) is 11.6. The molecule has 31 heavy (non-hydrogen) atoms. The predicted molar refractivity (Wildman–Crippen MR) is 126 cm³/mol. The molecule has 0 bridgehead atoms. The number of anilines is 1. The summed E-state index contributed by atoms with van der Waals surface area (Å²) < 4.78 is 0. The third-order valence-corrected chi connectivity index (χ3v) is 7.36. The molecular weight excluding hydrogens is 384 g/mol. The van der Waals surface area contributed by atoms with Crippen molar-refractivity contribution in [1.29, 1.82) is 0 Å². The molecule has 6 nitrogen and oxygen atoms in total. The molecule has 1 aromatic carbocycles. The maximum absolute atomic E-state index is 6.06. The molecule has 2 fully saturated rings. The molecule has 1 saturated heterocycles. The Morgan fingerprint density at radius 2 is 1.90 bits per heavy atom. The van der Waals surface area contributed by atoms with Crippen LogP contribution in [0.3, 0.4) is 0 Å². The standard InChI is InChI=1S/C25H30N6/c1-15-27-24-20(12-23(26)30-25(24)28-15)22-11-19-10-16(6-7-21(19)29-22)13-31-9-8-17-4-2-3-5-18(17)14-31/h6-7,10-12,17-18,29H,2-5,8-9,13-14H2,1H3,(H3,26,27,28,30)/t17-,18+/m0/s1. The molecule has 4 aromatic rings. The van der Waals surface area contributed by atoms with Crippen molar-refractivity contribution in [3.8, 4) is 11.3 Å². The zero-order valence-electron chi connectivity index (χ0n) is 18.1. The first-order chi connectivity index (χ1) is 15.1. The molecule has 160 valence electrons. The molecule has 2 atom stereocenters. The lowest BCUT2D eigenvalue weighted by molar-refractivity contribution is 0.0821. The van der Waals surface area contributed by atoms with Gasteiger partial charge in [-0.2, -0.15) is 0 Å². The van der Waals surface area contributed by atoms with Crippen LogP contribution in [0.5, 0.6) is 0 Å². The Labute approximate surface area is 182 Å². The highest BCUT2D eigenvalue weighted by molar-refractivity contribution is 5.95. The van der Waals surface area contributed by atoms with Gasteiger partial charge in [0.1, 0.15) is 11.6 Å². The van der Waals surface area contributed by atoms with Gasteiger partial charge in [0.2, 0.25) is 0 Å². The van der Waals surface area contributed by atoms with E-state index >= 15 is 0 Å². The molecule has 2 aliphatic rings. The van der Waals surface area contributed by atoms with Crippen LogP contribution in [0.25, 0.3) is 33.3 Å². The number of imidazole rings is 1. The number of nitrogens with zero attached hydrogens (tertiary/aromatic N) is 3. The second-order valence-electron chi connectivity index (χ2n) is 9.55. The molecule has 1 saturated carbocycles. The molecule has 1 aliphatic heterocycles. The summed E-state index contributed by atoms with van der Waals surface area (Å²) in [6, 6.07) is 11.0. The average Bonchev–Trinajstić information content (AvgIpc) is 3.35. The van der Waals surface area contributed by atoms with E-state index in [0.717, 1.165) is 46.5 Å². The Hall–Kier alpha value is -2.86. The molecular formula is C25H30N6. The van der Waals surface area contributed by atoms with Gasteiger partial charge >= 0.3 is 0 Å². The van der Waals surface area contributed by atoms with Crippen LogP contribution in [0.15, 0.2) is 30.3 Å². The minimum atomic E-state index is 0.486. The molecule has 1 aliphatic carbocycles. The second-order valence-corrected chi connectivity index (χ2v) is 9.55. The fourth-order valence-corrected chi connectivity index (χ4v) is 5.84. The van der Waals surface area contributed by atoms with Gasteiger partial charge in [0.25, 0.3) is 0 Å². The molecule has 4 N–H and O–H groups in total. The Morgan fingerprint density at radius 3 is 2.81 bits per heavy atom. The maximum atomic E-state index is 6.06. The van der Waals surface area contributed by atoms with E-state index in [2.05, 4.69) is 49.1 Å². The van der Waals surface area contributed by atoms with Crippen LogP contribution in [-0.2, 0) is 6.54 Å². The number of pyridine rings is 1. The third kappa shape index (κ3) is 3.49. The summed E-state index contributed by atoms with van der Waals surface area (Å²) in [5.41, 5.74) is 12.2. The van der Waals surface area contributed by atoms with Crippen molar-refractivity contribution in [1.82, 2.24) is 24.8 Å². The number of aromatic amines is 2. The zero-order chi connectivity index (χ0) is 20.9. The zero-order valence-corrected chi connectivity index (χ0v) is 18.1. The topological polar surface area (TPSA) is 86.6 Å². The van der Waals surface area contributed by atoms with E-state index < -0.39 is 0 Å². The predicted octanol–water partition coefficient (Wildman–Crippen LogP) is 5.01. The van der Waals surface area contributed by atoms with Crippen LogP contribution in [0, 0.1) is 18.8 Å². The lowest BCUT2D eigenvalue weighted by Gasteiger charge is -2.41. The van der Waals surface area contributed by atoms with Gasteiger partial charge in [-0.15, -0.1) is 0 Å². The summed E-state index contributed by atoms with van der Waals surface area (Å²) in [5.74, 6) is 3.23. The smallest absolute Gasteiger partial charge is 0.180 e. The molecule has 6 rings (SSSR count). The van der Waals surface area contributed by atoms with Gasteiger partial charge in [-0.05, 0) is 68.0 Å². The number of rotatable bonds is 3. The molecule has 3 aromatic heterocycles. The number of hydrogen-bond donors (Lipinski definition) is 3. The highest BCUT2D eigenvalue weighted by Gasteiger charge is 2.30. The minimum Gasteiger partial charge on any atom is -0.384 e. The van der Waals surface area contributed by atoms with Crippen molar-refractivity contribution in [3.63, 3.8) is 0 Å². The maximum Gasteiger partial charge on any atom is 0.180 e. The molecule has 0 spiro atoms. The van der Waals surface area contributed by atoms with Gasteiger partial charge in [0.15, 0.2) is 5.65 Å². The number of fused-ring (bicyclic) bond motifs is 3. The first kappa shape index (κ1) is 18.9. The van der Waals surface area contributed by atoms with E-state index in [1.807, 2.05) is 13.0 Å². The first-order valence-corrected chi connectivity index (χ1v) is 11.6. The summed E-state index contributed by atoms with van der Waals surface area (Å²) in [6.07, 6.45) is 7.14. The van der Waals surface area contributed by atoms with Crippen molar-refractivity contribution in [3.05, 3.63) is 41.7 Å². The highest BCUT2D eigenvalue weighted by atomic mass is 15.1. The Bertz CT molecular complexity index is 1250. The quantitative estimate of drug-likeness (QED) is 0.440. The molecule has 0 amide bonds. The molecule has 6 heteroatoms. The van der Waals surface area contributed by atoms with E-state index in [0.29, 0.717) is 11.5 Å². The second kappa shape index (κ2) is 7.38. The van der Waals surface area contributed by atoms with Crippen LogP contribution >= 0.6 is 0 Å². The number of nitrogen functional groups attached to an aromatic ring is 1. The van der Waals surface area contributed by atoms with Gasteiger partial charge in [-0.1, -0.05) is 25.3 Å². The van der Waals surface area contributed by atoms with E-state index in [4.69, 9.17) is 5.73 Å². The number of benzene rings is 1. The van der Waals surface area contributed by atoms with Crippen LogP contribution in [0.2, 0.25) is 0 Å². The lowest BCUT2D eigenvalue weighted by atomic mass is 9.75. The number of piperidine rings is 1. The largest absolute Gasteiger partial charge is 0.384 e. The number of nitrogens with two attached hydrogens (primary N) is 1. The SMILES string of the molecule is Cc1nc2nc(N)cc(-c3cc4cc(CN5CC[C@@H]6CCCC[C@@H]6C5)ccc4[nH]3)c2[nH]1. The molecule has 4 heterocycles. The summed E-state index contributed by atoms with van der Waals surface area (Å²) in [7, 11) is 0. The number of nitrogens with one attached hydrogen (secondary N) is 2. The summed E-state index contributed by atoms with van der Waals surface area (Å²) in [5, 5.41) is 1.24. The Balaban J connectivity index is 1.28. The average molecular weight is 415 g/mol. The van der Waals surface area contributed by atoms with E-state index in [1.54, 1.807) is 0 Å². The van der Waals surface area contributed by atoms with Gasteiger partial charge in [-0.25, -0.2) is 9.97 Å². The van der Waals surface area contributed by atoms with Gasteiger partial charge < -0.3 is 15.7 Å². The number of hydrogen-bond acceptors (Lipinski definition) is 4. The van der Waals surface area contributed by atoms with Crippen molar-refractivity contribution in [2.75, 3.05) is 18.8 Å². The van der Waals surface area contributed by atoms with E-state index in [9.17, 15) is 0 Å². The van der Waals surface area contributed by atoms with Crippen molar-refractivity contribution in [2.45, 2.75) is 45.6 Å². The van der Waals surface area contributed by atoms with Gasteiger partial charge in [0, 0.05) is 35.2 Å². The lowest BCUT2D eigenvalue weighted by Crippen LogP contribution is -2.41. The van der Waals surface area contributed by atoms with Gasteiger partial charge in [-0.3, -0.25) is 4.90 Å². The summed E-state index contributed by atoms with van der Waals surface area (Å²) in [4.78, 5) is 18.4. The van der Waals surface area contributed by atoms with E-state index in [-0.39, 0.29) is 0 Å². The number of likely N-dealkylation sites (tertiary alicyclic amines) is 1. The summed E-state index contributed by atoms with van der Waals surface area (Å²) >= 11 is 0. The van der Waals surface area contributed by atoms with Crippen molar-refractivity contribution < 1.29 is 0 Å². The Kier molecular flexibility index (Phi) is 4.49. The highest BCUT2D eigenvalue weighted by Crippen LogP contribution is 2.37. The van der Waals surface area contributed by atoms with Crippen LogP contribution in [-0.4, -0.2) is 37.9 Å². The normalized spacial score (nSPS) is 22.2. The number of H-pyrrole nitrogens is 2. The van der Waals surface area contributed by atoms with Gasteiger partial charge in [0.05, 0.1) is 5.52 Å². The summed E-state index contributed by atoms with van der Waals surface area (Å²) in [6.45, 7) is 5.50. The van der Waals surface area contributed by atoms with Crippen molar-refractivity contribution >= 4 is 27.9 Å². The van der Waals surface area contributed by atoms with E-state index in [1.165, 1.54) is 56.1 Å². The van der Waals surface area contributed by atoms with Crippen LogP contribution in [0.4, 0.5) is 5.82 Å². The third-order valence-electron chi connectivity index (χ3n) is 7.36. The van der Waals surface area contributed by atoms with Crippen LogP contribution < -0.4 is 5.73 Å².